The van der Waals surface area contributed by atoms with Crippen LogP contribution in [0.2, 0.25) is 0 Å². The fourth-order valence-electron chi connectivity index (χ4n) is 0.589. The van der Waals surface area contributed by atoms with Crippen LogP contribution in [0.25, 0.3) is 6.08 Å². The van der Waals surface area contributed by atoms with Crippen molar-refractivity contribution in [3.8, 4) is 0 Å². The molecule has 0 saturated heterocycles. The summed E-state index contributed by atoms with van der Waals surface area (Å²) < 4.78 is 0. The van der Waals surface area contributed by atoms with Crippen LogP contribution in [0.3, 0.4) is 0 Å². The Morgan fingerprint density at radius 3 is 1.71 bits per heavy atom. The lowest BCUT2D eigenvalue weighted by Crippen LogP contribution is -2.01. The van der Waals surface area contributed by atoms with Crippen molar-refractivity contribution in [2.75, 3.05) is 0 Å². The van der Waals surface area contributed by atoms with Gasteiger partial charge in [0.05, 0.1) is 0 Å². The van der Waals surface area contributed by atoms with E-state index in [0.29, 0.717) is 0 Å². The first-order valence-electron chi connectivity index (χ1n) is 4.27. The maximum absolute atomic E-state index is 9.79. The van der Waals surface area contributed by atoms with Gasteiger partial charge >= 0.3 is 0 Å². The molecule has 0 aliphatic carbocycles. The number of ketones is 2. The maximum Gasteiger partial charge on any atom is 0.195 e. The lowest BCUT2D eigenvalue weighted by atomic mass is 10.2. The Kier molecular flexibility index (Phi) is 5.95. The molecule has 2 nitrogen and oxygen atoms in total. The Bertz CT molecular complexity index is 300. The number of carbonyl (C=O) groups excluding carboxylic acids is 2. The molecule has 1 rings (SSSR count). The van der Waals surface area contributed by atoms with Gasteiger partial charge in [0, 0.05) is 13.8 Å². The van der Waals surface area contributed by atoms with Crippen LogP contribution in [0, 0.1) is 0 Å². The quantitative estimate of drug-likeness (QED) is 0.671. The van der Waals surface area contributed by atoms with Crippen LogP contribution in [-0.2, 0) is 9.59 Å². The van der Waals surface area contributed by atoms with Gasteiger partial charge in [0.15, 0.2) is 11.6 Å². The highest BCUT2D eigenvalue weighted by Gasteiger charge is 1.94. The second-order valence-corrected chi connectivity index (χ2v) is 2.73. The number of rotatable bonds is 2. The third kappa shape index (κ3) is 5.89. The first-order valence-corrected chi connectivity index (χ1v) is 4.27. The first kappa shape index (κ1) is 12.3. The highest BCUT2D eigenvalue weighted by Crippen LogP contribution is 1.97. The molecule has 1 aromatic rings. The molecule has 0 atom stereocenters. The van der Waals surface area contributed by atoms with Gasteiger partial charge in [-0.05, 0) is 5.56 Å². The van der Waals surface area contributed by atoms with Crippen molar-refractivity contribution in [2.45, 2.75) is 13.8 Å². The molecule has 0 spiro atoms. The highest BCUT2D eigenvalue weighted by molar-refractivity contribution is 6.35. The molecular formula is C12H14O2. The van der Waals surface area contributed by atoms with Crippen LogP contribution < -0.4 is 0 Å². The second kappa shape index (κ2) is 6.78. The number of hydrogen-bond acceptors (Lipinski definition) is 2. The van der Waals surface area contributed by atoms with Crippen LogP contribution in [-0.4, -0.2) is 11.6 Å². The van der Waals surface area contributed by atoms with E-state index in [1.165, 1.54) is 19.4 Å². The second-order valence-electron chi connectivity index (χ2n) is 2.73. The first-order chi connectivity index (χ1) is 6.57. The van der Waals surface area contributed by atoms with Gasteiger partial charge < -0.3 is 0 Å². The van der Waals surface area contributed by atoms with E-state index in [2.05, 4.69) is 6.58 Å². The lowest BCUT2D eigenvalue weighted by molar-refractivity contribution is -0.134. The maximum atomic E-state index is 9.79. The molecule has 1 aromatic carbocycles. The zero-order chi connectivity index (χ0) is 11.0. The Labute approximate surface area is 84.3 Å². The van der Waals surface area contributed by atoms with E-state index in [4.69, 9.17) is 0 Å². The summed E-state index contributed by atoms with van der Waals surface area (Å²) in [6, 6.07) is 10.0. The summed E-state index contributed by atoms with van der Waals surface area (Å²) in [6.07, 6.45) is 1.83. The summed E-state index contributed by atoms with van der Waals surface area (Å²) in [5.41, 5.74) is 1.17. The summed E-state index contributed by atoms with van der Waals surface area (Å²) in [5, 5.41) is 0. The zero-order valence-electron chi connectivity index (χ0n) is 8.49. The lowest BCUT2D eigenvalue weighted by Gasteiger charge is -1.85. The minimum absolute atomic E-state index is 0.380. The molecule has 0 aliphatic heterocycles. The van der Waals surface area contributed by atoms with Crippen molar-refractivity contribution in [3.05, 3.63) is 42.5 Å². The Morgan fingerprint density at radius 1 is 1.07 bits per heavy atom. The third-order valence-corrected chi connectivity index (χ3v) is 1.53. The van der Waals surface area contributed by atoms with E-state index in [1.807, 2.05) is 36.4 Å². The van der Waals surface area contributed by atoms with Crippen molar-refractivity contribution >= 4 is 17.6 Å². The molecule has 0 N–H and O–H groups in total. The highest BCUT2D eigenvalue weighted by atomic mass is 16.2. The Balaban J connectivity index is 0.000000255. The number of Topliss-reactive ketones (excluding diaryl/α,β-unsaturated/α-hetero) is 2. The molecule has 0 radical (unpaired) electrons. The van der Waals surface area contributed by atoms with Crippen LogP contribution in [0.15, 0.2) is 36.9 Å². The smallest absolute Gasteiger partial charge is 0.195 e. The predicted molar refractivity (Wildman–Crippen MR) is 57.9 cm³/mol. The molecule has 0 unspecified atom stereocenters. The summed E-state index contributed by atoms with van der Waals surface area (Å²) in [5.74, 6) is -0.759. The molecule has 0 heterocycles. The van der Waals surface area contributed by atoms with Gasteiger partial charge in [-0.1, -0.05) is 43.0 Å². The normalized spacial score (nSPS) is 8.14. The van der Waals surface area contributed by atoms with Crippen molar-refractivity contribution in [1.82, 2.24) is 0 Å². The van der Waals surface area contributed by atoms with Gasteiger partial charge in [0.25, 0.3) is 0 Å². The summed E-state index contributed by atoms with van der Waals surface area (Å²) in [6.45, 7) is 6.14. The average molecular weight is 190 g/mol. The number of hydrogen-bond donors (Lipinski definition) is 0. The van der Waals surface area contributed by atoms with Gasteiger partial charge in [0.1, 0.15) is 0 Å². The van der Waals surface area contributed by atoms with Gasteiger partial charge in [-0.25, -0.2) is 0 Å². The molecule has 0 saturated carbocycles. The summed E-state index contributed by atoms with van der Waals surface area (Å²) in [7, 11) is 0. The monoisotopic (exact) mass is 190 g/mol. The standard InChI is InChI=1S/C8H8.C4H6O2/c1-2-8-6-4-3-5-7-8;1-3(5)4(2)6/h2-7H,1H2;1-2H3. The van der Waals surface area contributed by atoms with E-state index in [9.17, 15) is 9.59 Å². The van der Waals surface area contributed by atoms with E-state index in [0.717, 1.165) is 0 Å². The molecule has 0 bridgehead atoms. The van der Waals surface area contributed by atoms with Crippen molar-refractivity contribution in [1.29, 1.82) is 0 Å². The van der Waals surface area contributed by atoms with E-state index in [1.54, 1.807) is 0 Å². The van der Waals surface area contributed by atoms with E-state index >= 15 is 0 Å². The molecule has 14 heavy (non-hydrogen) atoms. The number of carbonyl (C=O) groups is 2. The molecule has 0 aliphatic rings. The van der Waals surface area contributed by atoms with E-state index < -0.39 is 0 Å². The van der Waals surface area contributed by atoms with Crippen LogP contribution >= 0.6 is 0 Å². The molecule has 2 heteroatoms. The topological polar surface area (TPSA) is 34.1 Å². The SMILES string of the molecule is C=Cc1ccccc1.CC(=O)C(C)=O. The predicted octanol–water partition coefficient (Wildman–Crippen LogP) is 2.49. The van der Waals surface area contributed by atoms with Crippen molar-refractivity contribution < 1.29 is 9.59 Å². The minimum atomic E-state index is -0.380. The third-order valence-electron chi connectivity index (χ3n) is 1.53. The Hall–Kier alpha value is -1.70. The molecular weight excluding hydrogens is 176 g/mol. The summed E-state index contributed by atoms with van der Waals surface area (Å²) in [4.78, 5) is 19.6. The van der Waals surface area contributed by atoms with Gasteiger partial charge in [0.2, 0.25) is 0 Å². The van der Waals surface area contributed by atoms with Gasteiger partial charge in [-0.15, -0.1) is 0 Å². The van der Waals surface area contributed by atoms with Crippen LogP contribution in [0.4, 0.5) is 0 Å². The number of benzene rings is 1. The average Bonchev–Trinajstić information content (AvgIpc) is 2.20. The molecule has 0 amide bonds. The van der Waals surface area contributed by atoms with Crippen LogP contribution in [0.5, 0.6) is 0 Å². The fourth-order valence-corrected chi connectivity index (χ4v) is 0.589. The molecule has 0 aromatic heterocycles. The Morgan fingerprint density at radius 2 is 1.50 bits per heavy atom. The summed E-state index contributed by atoms with van der Waals surface area (Å²) >= 11 is 0. The van der Waals surface area contributed by atoms with Crippen LogP contribution in [0.1, 0.15) is 19.4 Å². The van der Waals surface area contributed by atoms with E-state index in [-0.39, 0.29) is 11.6 Å². The molecule has 0 fully saturated rings. The van der Waals surface area contributed by atoms with Gasteiger partial charge in [-0.3, -0.25) is 9.59 Å². The zero-order valence-corrected chi connectivity index (χ0v) is 8.49. The minimum Gasteiger partial charge on any atom is -0.291 e. The van der Waals surface area contributed by atoms with Crippen molar-refractivity contribution in [2.24, 2.45) is 0 Å². The largest absolute Gasteiger partial charge is 0.291 e. The fraction of sp³-hybridized carbons (Fsp3) is 0.167. The molecule has 74 valence electrons. The van der Waals surface area contributed by atoms with Gasteiger partial charge in [-0.2, -0.15) is 0 Å². The van der Waals surface area contributed by atoms with Crippen molar-refractivity contribution in [3.63, 3.8) is 0 Å².